The normalized spacial score (nSPS) is 19.9. The van der Waals surface area contributed by atoms with Gasteiger partial charge in [-0.3, -0.25) is 0 Å². The number of carbonyl (C=O) groups is 5. The molecule has 0 N–H and O–H groups in total. The Morgan fingerprint density at radius 1 is 0.531 bits per heavy atom. The number of ether oxygens (including phenoxy) is 7. The molecule has 4 aromatic rings. The van der Waals surface area contributed by atoms with Crippen molar-refractivity contribution in [3.63, 3.8) is 0 Å². The number of methoxy groups -OCH3 is 1. The van der Waals surface area contributed by atoms with Gasteiger partial charge in [-0.25, -0.2) is 24.0 Å². The summed E-state index contributed by atoms with van der Waals surface area (Å²) in [4.78, 5) is 65.5. The molecule has 1 heterocycles. The molecular weight excluding hydrogens is 636 g/mol. The summed E-state index contributed by atoms with van der Waals surface area (Å²) in [7, 11) is 1.15. The highest BCUT2D eigenvalue weighted by atomic mass is 16.7. The minimum atomic E-state index is -1.61. The van der Waals surface area contributed by atoms with E-state index in [0.29, 0.717) is 0 Å². The van der Waals surface area contributed by atoms with Gasteiger partial charge in [-0.1, -0.05) is 72.8 Å². The maximum atomic E-state index is 13.5. The van der Waals surface area contributed by atoms with Crippen molar-refractivity contribution < 1.29 is 57.1 Å². The minimum absolute atomic E-state index is 0.134. The van der Waals surface area contributed by atoms with Gasteiger partial charge in [0.1, 0.15) is 19.3 Å². The molecule has 252 valence electrons. The minimum Gasteiger partial charge on any atom is -0.467 e. The molecule has 1 aliphatic heterocycles. The van der Waals surface area contributed by atoms with Crippen LogP contribution in [0.25, 0.3) is 0 Å². The van der Waals surface area contributed by atoms with Crippen LogP contribution in [0, 0.1) is 0 Å². The first kappa shape index (κ1) is 34.5. The molecule has 1 aliphatic rings. The summed E-state index contributed by atoms with van der Waals surface area (Å²) < 4.78 is 39.8. The van der Waals surface area contributed by atoms with E-state index in [2.05, 4.69) is 0 Å². The van der Waals surface area contributed by atoms with Gasteiger partial charge in [-0.2, -0.15) is 0 Å². The lowest BCUT2D eigenvalue weighted by Crippen LogP contribution is -2.63. The number of benzene rings is 4. The summed E-state index contributed by atoms with van der Waals surface area (Å²) in [5.74, 6) is -4.07. The Bertz CT molecular complexity index is 1710. The molecule has 1 saturated heterocycles. The van der Waals surface area contributed by atoms with E-state index in [1.165, 1.54) is 36.4 Å². The van der Waals surface area contributed by atoms with Gasteiger partial charge in [0.25, 0.3) is 0 Å². The second kappa shape index (κ2) is 16.8. The van der Waals surface area contributed by atoms with E-state index in [-0.39, 0.29) is 22.3 Å². The number of hydrogen-bond acceptors (Lipinski definition) is 12. The van der Waals surface area contributed by atoms with Crippen LogP contribution in [0.3, 0.4) is 0 Å². The molecule has 4 aromatic carbocycles. The number of hydrogen-bond donors (Lipinski definition) is 0. The Kier molecular flexibility index (Phi) is 11.8. The van der Waals surface area contributed by atoms with Gasteiger partial charge in [0.05, 0.1) is 29.4 Å². The lowest BCUT2D eigenvalue weighted by molar-refractivity contribution is -0.297. The molecule has 12 heteroatoms. The fraction of sp³-hybridized carbons (Fsp3) is 0.216. The highest BCUT2D eigenvalue weighted by molar-refractivity contribution is 5.91. The molecule has 0 spiro atoms. The lowest BCUT2D eigenvalue weighted by Gasteiger charge is -2.44. The van der Waals surface area contributed by atoms with Gasteiger partial charge in [-0.15, -0.1) is 0 Å². The average molecular weight is 669 g/mol. The summed E-state index contributed by atoms with van der Waals surface area (Å²) in [5.41, 5.74) is 0.655. The molecule has 5 atom stereocenters. The molecule has 5 rings (SSSR count). The summed E-state index contributed by atoms with van der Waals surface area (Å²) in [6.45, 7) is -1.19. The van der Waals surface area contributed by atoms with Crippen LogP contribution in [-0.4, -0.2) is 80.9 Å². The molecule has 0 saturated carbocycles. The van der Waals surface area contributed by atoms with E-state index in [1.54, 1.807) is 84.9 Å². The number of carbonyl (C=O) groups excluding carboxylic acids is 5. The van der Waals surface area contributed by atoms with Crippen LogP contribution < -0.4 is 0 Å². The van der Waals surface area contributed by atoms with Crippen molar-refractivity contribution in [1.29, 1.82) is 0 Å². The van der Waals surface area contributed by atoms with Crippen molar-refractivity contribution >= 4 is 29.8 Å². The van der Waals surface area contributed by atoms with Crippen LogP contribution in [0.2, 0.25) is 0 Å². The van der Waals surface area contributed by atoms with E-state index in [0.717, 1.165) is 7.11 Å². The fourth-order valence-electron chi connectivity index (χ4n) is 4.87. The van der Waals surface area contributed by atoms with Gasteiger partial charge < -0.3 is 33.2 Å². The van der Waals surface area contributed by atoms with E-state index in [9.17, 15) is 24.0 Å². The predicted molar refractivity (Wildman–Crippen MR) is 170 cm³/mol. The highest BCUT2D eigenvalue weighted by Crippen LogP contribution is 2.32. The van der Waals surface area contributed by atoms with Gasteiger partial charge in [0, 0.05) is 0 Å². The third kappa shape index (κ3) is 9.15. The first-order valence-corrected chi connectivity index (χ1v) is 15.2. The smallest absolute Gasteiger partial charge is 0.338 e. The Hall–Kier alpha value is -5.85. The van der Waals surface area contributed by atoms with Crippen LogP contribution in [0.1, 0.15) is 41.4 Å². The van der Waals surface area contributed by atoms with Crippen molar-refractivity contribution in [2.75, 3.05) is 20.3 Å². The zero-order valence-corrected chi connectivity index (χ0v) is 26.2. The molecule has 49 heavy (non-hydrogen) atoms. The molecule has 12 nitrogen and oxygen atoms in total. The topological polar surface area (TPSA) is 150 Å². The highest BCUT2D eigenvalue weighted by Gasteiger charge is 2.54. The zero-order chi connectivity index (χ0) is 34.6. The average Bonchev–Trinajstić information content (AvgIpc) is 3.15. The second-order valence-electron chi connectivity index (χ2n) is 10.6. The van der Waals surface area contributed by atoms with Crippen LogP contribution in [0.4, 0.5) is 0 Å². The predicted octanol–water partition coefficient (Wildman–Crippen LogP) is 4.43. The summed E-state index contributed by atoms with van der Waals surface area (Å²) in [5, 5.41) is 0. The number of esters is 5. The van der Waals surface area contributed by atoms with Gasteiger partial charge >= 0.3 is 29.8 Å². The third-order valence-electron chi connectivity index (χ3n) is 7.33. The maximum absolute atomic E-state index is 13.5. The molecule has 1 fully saturated rings. The van der Waals surface area contributed by atoms with Crippen molar-refractivity contribution in [1.82, 2.24) is 0 Å². The molecular formula is C37H32O12. The van der Waals surface area contributed by atoms with Crippen LogP contribution in [0.5, 0.6) is 0 Å². The Balaban J connectivity index is 1.55. The first-order chi connectivity index (χ1) is 23.8. The summed E-state index contributed by atoms with van der Waals surface area (Å²) in [6, 6.07) is 32.0. The third-order valence-corrected chi connectivity index (χ3v) is 7.33. The molecule has 0 aliphatic carbocycles. The van der Waals surface area contributed by atoms with E-state index in [4.69, 9.17) is 33.2 Å². The first-order valence-electron chi connectivity index (χ1n) is 15.2. The molecule has 0 bridgehead atoms. The quantitative estimate of drug-likeness (QED) is 0.155. The van der Waals surface area contributed by atoms with E-state index >= 15 is 0 Å². The maximum Gasteiger partial charge on any atom is 0.338 e. The van der Waals surface area contributed by atoms with Crippen LogP contribution >= 0.6 is 0 Å². The molecule has 0 aromatic heterocycles. The Morgan fingerprint density at radius 2 is 0.918 bits per heavy atom. The lowest BCUT2D eigenvalue weighted by atomic mass is 9.97. The second-order valence-corrected chi connectivity index (χ2v) is 10.6. The van der Waals surface area contributed by atoms with Gasteiger partial charge in [0.2, 0.25) is 0 Å². The zero-order valence-electron chi connectivity index (χ0n) is 26.2. The Labute approximate surface area is 281 Å². The summed E-state index contributed by atoms with van der Waals surface area (Å²) >= 11 is 0. The molecule has 0 radical (unpaired) electrons. The number of rotatable bonds is 12. The Morgan fingerprint density at radius 3 is 1.35 bits per heavy atom. The fourth-order valence-corrected chi connectivity index (χ4v) is 4.87. The summed E-state index contributed by atoms with van der Waals surface area (Å²) in [6.07, 6.45) is -7.71. The van der Waals surface area contributed by atoms with Gasteiger partial charge in [-0.05, 0) is 48.5 Å². The SMILES string of the molecule is COC(=O)CO[C@@H]1OC(COC(=O)c2ccccc2)[C@H](OC(=O)c2ccccc2)[C@H](OC(=O)c2ccccc2)C1OC(=O)c1ccccc1. The van der Waals surface area contributed by atoms with Crippen molar-refractivity contribution in [3.05, 3.63) is 144 Å². The van der Waals surface area contributed by atoms with Crippen LogP contribution in [0.15, 0.2) is 121 Å². The monoisotopic (exact) mass is 668 g/mol. The van der Waals surface area contributed by atoms with Crippen LogP contribution in [-0.2, 0) is 38.0 Å². The van der Waals surface area contributed by atoms with E-state index < -0.39 is 73.8 Å². The van der Waals surface area contributed by atoms with E-state index in [1.807, 2.05) is 0 Å². The molecule has 2 unspecified atom stereocenters. The van der Waals surface area contributed by atoms with Gasteiger partial charge in [0.15, 0.2) is 24.6 Å². The van der Waals surface area contributed by atoms with Crippen molar-refractivity contribution in [2.24, 2.45) is 0 Å². The van der Waals surface area contributed by atoms with Crippen molar-refractivity contribution in [2.45, 2.75) is 30.7 Å². The standard InChI is InChI=1S/C37H32O12/c1-43-29(38)23-45-37-32(49-36(42)27-20-12-5-13-21-27)31(48-35(41)26-18-10-4-11-19-26)30(47-34(40)25-16-8-3-9-17-25)28(46-37)22-44-33(39)24-14-6-2-7-15-24/h2-21,28,30-32,37H,22-23H2,1H3/t28?,30-,31-,32?,37+/m0/s1. The van der Waals surface area contributed by atoms with Crippen molar-refractivity contribution in [3.8, 4) is 0 Å². The molecule has 0 amide bonds. The largest absolute Gasteiger partial charge is 0.467 e.